The number of benzene rings is 1. The molecule has 33 heavy (non-hydrogen) atoms. The Morgan fingerprint density at radius 1 is 1.36 bits per heavy atom. The van der Waals surface area contributed by atoms with Crippen LogP contribution in [0.1, 0.15) is 17.5 Å². The number of aromatic nitrogens is 2. The van der Waals surface area contributed by atoms with Crippen molar-refractivity contribution in [1.29, 1.82) is 0 Å². The van der Waals surface area contributed by atoms with Crippen LogP contribution >= 0.6 is 7.82 Å². The van der Waals surface area contributed by atoms with Gasteiger partial charge in [-0.3, -0.25) is 23.4 Å². The molecule has 3 heterocycles. The number of fused-ring (bicyclic) bond motifs is 1. The number of phosphoric acid groups is 1. The number of nitrogens with zero attached hydrogens (tertiary/aromatic N) is 1. The van der Waals surface area contributed by atoms with Gasteiger partial charge < -0.3 is 19.5 Å². The van der Waals surface area contributed by atoms with E-state index in [1.165, 1.54) is 6.07 Å². The second kappa shape index (κ2) is 7.97. The first-order valence-corrected chi connectivity index (χ1v) is 10.9. The van der Waals surface area contributed by atoms with Crippen molar-refractivity contribution in [2.75, 3.05) is 0 Å². The molecule has 0 bridgehead atoms. The van der Waals surface area contributed by atoms with Crippen LogP contribution in [-0.4, -0.2) is 60.7 Å². The molecule has 168 valence electrons. The van der Waals surface area contributed by atoms with Gasteiger partial charge in [0.2, 0.25) is 5.85 Å². The quantitative estimate of drug-likeness (QED) is 0.366. The second-order valence-corrected chi connectivity index (χ2v) is 9.07. The van der Waals surface area contributed by atoms with Crippen LogP contribution in [0.15, 0.2) is 40.1 Å². The third kappa shape index (κ3) is 4.03. The zero-order valence-corrected chi connectivity index (χ0v) is 17.7. The number of alkyl halides is 1. The number of H-pyrrole nitrogens is 1. The number of aromatic amines is 1. The van der Waals surface area contributed by atoms with Crippen molar-refractivity contribution in [2.24, 2.45) is 0 Å². The molecule has 1 fully saturated rings. The van der Waals surface area contributed by atoms with E-state index in [2.05, 4.69) is 0 Å². The summed E-state index contributed by atoms with van der Waals surface area (Å²) in [5.74, 6) is -3.20. The molecule has 2 aromatic rings. The number of nitrogens with one attached hydrogen (secondary N) is 1. The number of rotatable bonds is 5. The number of phosphoric ester groups is 1. The van der Waals surface area contributed by atoms with E-state index in [0.717, 1.165) is 6.20 Å². The second-order valence-electron chi connectivity index (χ2n) is 7.55. The van der Waals surface area contributed by atoms with Crippen LogP contribution in [0.5, 0.6) is 5.75 Å². The monoisotopic (exact) mass is 474 g/mol. The van der Waals surface area contributed by atoms with Crippen molar-refractivity contribution >= 4 is 31.4 Å². The van der Waals surface area contributed by atoms with Crippen LogP contribution in [0.2, 0.25) is 0 Å². The summed E-state index contributed by atoms with van der Waals surface area (Å²) in [4.78, 5) is 25.8. The molecular weight excluding hydrogens is 459 g/mol. The standard InChI is InChI=1S/C17H15B3FN2O9P/c18-16(23-6-10(7-24)13(26)22-14(23)27)12(25)5-15(21,31-16)17(19,20)32-33(28)29-8-9-3-1-2-4-11(9)30-33/h1-4,6,12,24-25H,5,7-8H2,(H,22,26,27)/t12-,15+,16+,33?/m1/s1. The fraction of sp³-hybridized carbons (Fsp3) is 0.412. The molecule has 11 nitrogen and oxygen atoms in total. The number of para-hydroxylation sites is 1. The van der Waals surface area contributed by atoms with Crippen LogP contribution in [-0.2, 0) is 37.2 Å². The maximum Gasteiger partial charge on any atom is 0.529 e. The van der Waals surface area contributed by atoms with Gasteiger partial charge in [-0.1, -0.05) is 18.2 Å². The Morgan fingerprint density at radius 3 is 2.76 bits per heavy atom. The minimum Gasteiger partial charge on any atom is -0.404 e. The highest BCUT2D eigenvalue weighted by Crippen LogP contribution is 2.59. The van der Waals surface area contributed by atoms with Crippen LogP contribution in [0.3, 0.4) is 0 Å². The molecule has 0 aliphatic carbocycles. The first-order valence-electron chi connectivity index (χ1n) is 9.45. The van der Waals surface area contributed by atoms with Gasteiger partial charge in [-0.2, -0.15) is 0 Å². The lowest BCUT2D eigenvalue weighted by Gasteiger charge is -2.41. The highest BCUT2D eigenvalue weighted by atomic mass is 31.2. The minimum absolute atomic E-state index is 0.132. The summed E-state index contributed by atoms with van der Waals surface area (Å²) in [6, 6.07) is 6.38. The zero-order valence-electron chi connectivity index (χ0n) is 16.8. The summed E-state index contributed by atoms with van der Waals surface area (Å²) in [7, 11) is 12.9. The van der Waals surface area contributed by atoms with Crippen LogP contribution in [0, 0.1) is 0 Å². The average Bonchev–Trinajstić information content (AvgIpc) is 2.97. The minimum atomic E-state index is -4.57. The van der Waals surface area contributed by atoms with Crippen molar-refractivity contribution in [3.63, 3.8) is 0 Å². The van der Waals surface area contributed by atoms with E-state index < -0.39 is 55.1 Å². The summed E-state index contributed by atoms with van der Waals surface area (Å²) in [5, 5.41) is 16.7. The predicted molar refractivity (Wildman–Crippen MR) is 111 cm³/mol. The Labute approximate surface area is 189 Å². The molecule has 2 aliphatic rings. The SMILES string of the molecule is [B]C([B])(OP1(=O)OCc2ccccc2O1)[C@]1(F)C[C@@H](O)[C@]([B])(n2cc(CO)c(=O)[nH]c2=O)O1. The lowest BCUT2D eigenvalue weighted by molar-refractivity contribution is -0.219. The van der Waals surface area contributed by atoms with Gasteiger partial charge in [-0.15, -0.1) is 0 Å². The zero-order chi connectivity index (χ0) is 24.2. The van der Waals surface area contributed by atoms with Gasteiger partial charge in [0, 0.05) is 18.2 Å². The first kappa shape index (κ1) is 24.0. The normalized spacial score (nSPS) is 31.7. The predicted octanol–water partition coefficient (Wildman–Crippen LogP) is -1.02. The summed E-state index contributed by atoms with van der Waals surface area (Å²) in [6.45, 7) is -1.02. The first-order chi connectivity index (χ1) is 15.3. The van der Waals surface area contributed by atoms with Gasteiger partial charge >= 0.3 is 13.5 Å². The number of ether oxygens (including phenoxy) is 1. The largest absolute Gasteiger partial charge is 0.529 e. The van der Waals surface area contributed by atoms with Gasteiger partial charge in [0.1, 0.15) is 34.9 Å². The Balaban J connectivity index is 1.64. The average molecular weight is 474 g/mol. The molecule has 4 atom stereocenters. The van der Waals surface area contributed by atoms with Crippen LogP contribution in [0.4, 0.5) is 4.39 Å². The number of hydrogen-bond acceptors (Lipinski definition) is 9. The number of hydrogen-bond donors (Lipinski definition) is 3. The number of aliphatic hydroxyl groups excluding tert-OH is 2. The van der Waals surface area contributed by atoms with Gasteiger partial charge in [-0.05, 0) is 6.07 Å². The third-order valence-corrected chi connectivity index (χ3v) is 6.62. The van der Waals surface area contributed by atoms with E-state index in [1.54, 1.807) is 18.2 Å². The van der Waals surface area contributed by atoms with E-state index in [4.69, 9.17) is 41.8 Å². The van der Waals surface area contributed by atoms with E-state index in [9.17, 15) is 24.4 Å². The molecule has 0 saturated carbocycles. The van der Waals surface area contributed by atoms with Crippen molar-refractivity contribution in [3.05, 3.63) is 62.4 Å². The van der Waals surface area contributed by atoms with Gasteiger partial charge in [-0.25, -0.2) is 13.8 Å². The van der Waals surface area contributed by atoms with E-state index in [1.807, 2.05) is 4.98 Å². The van der Waals surface area contributed by atoms with Crippen molar-refractivity contribution < 1.29 is 37.5 Å². The Morgan fingerprint density at radius 2 is 2.06 bits per heavy atom. The summed E-state index contributed by atoms with van der Waals surface area (Å²) < 4.78 is 49.6. The lowest BCUT2D eigenvalue weighted by atomic mass is 9.60. The summed E-state index contributed by atoms with van der Waals surface area (Å²) >= 11 is 0. The fourth-order valence-corrected chi connectivity index (χ4v) is 4.77. The number of aliphatic hydroxyl groups is 2. The van der Waals surface area contributed by atoms with Crippen LogP contribution in [0.25, 0.3) is 0 Å². The molecule has 0 amide bonds. The third-order valence-electron chi connectivity index (χ3n) is 5.23. The molecule has 1 unspecified atom stereocenters. The molecular formula is C17H15B3FN2O9P. The van der Waals surface area contributed by atoms with Crippen molar-refractivity contribution in [3.8, 4) is 5.75 Å². The van der Waals surface area contributed by atoms with Crippen LogP contribution < -0.4 is 15.8 Å². The highest BCUT2D eigenvalue weighted by molar-refractivity contribution is 7.49. The van der Waals surface area contributed by atoms with E-state index >= 15 is 4.39 Å². The van der Waals surface area contributed by atoms with Gasteiger partial charge in [0.15, 0.2) is 0 Å². The summed E-state index contributed by atoms with van der Waals surface area (Å²) in [6.07, 6.45) is -2.24. The Kier molecular flexibility index (Phi) is 5.79. The summed E-state index contributed by atoms with van der Waals surface area (Å²) in [5.41, 5.74) is -4.56. The molecule has 16 heteroatoms. The molecule has 2 aliphatic heterocycles. The van der Waals surface area contributed by atoms with Crippen molar-refractivity contribution in [2.45, 2.75) is 42.6 Å². The van der Waals surface area contributed by atoms with Gasteiger partial charge in [0.25, 0.3) is 5.56 Å². The molecule has 6 radical (unpaired) electrons. The van der Waals surface area contributed by atoms with E-state index in [0.29, 0.717) is 10.1 Å². The van der Waals surface area contributed by atoms with Gasteiger partial charge in [0.05, 0.1) is 30.3 Å². The molecule has 1 saturated heterocycles. The Hall–Kier alpha value is -2.15. The molecule has 0 spiro atoms. The van der Waals surface area contributed by atoms with Crippen molar-refractivity contribution in [1.82, 2.24) is 9.55 Å². The highest BCUT2D eigenvalue weighted by Gasteiger charge is 2.63. The topological polar surface area (TPSA) is 149 Å². The van der Waals surface area contributed by atoms with E-state index in [-0.39, 0.29) is 17.9 Å². The molecule has 4 rings (SSSR count). The smallest absolute Gasteiger partial charge is 0.404 e. The maximum atomic E-state index is 15.8. The molecule has 1 aromatic heterocycles. The fourth-order valence-electron chi connectivity index (χ4n) is 3.40. The molecule has 1 aromatic carbocycles. The Bertz CT molecular complexity index is 1260. The maximum absolute atomic E-state index is 15.8. The number of halogens is 1. The lowest BCUT2D eigenvalue weighted by Crippen LogP contribution is -2.56. The molecule has 3 N–H and O–H groups in total.